The standard InChI is InChI=1S/C15H18N4O/c20-15(12-4-2-1-3-5-12)18-13-6-8-14(9-7-13)19-11-16-10-17-19/h6-12H,1-5H2,(H,18,20). The number of carbonyl (C=O) groups excluding carboxylic acids is 1. The van der Waals surface area contributed by atoms with Gasteiger partial charge in [0.15, 0.2) is 0 Å². The average Bonchev–Trinajstić information content (AvgIpc) is 3.03. The first-order chi connectivity index (χ1) is 9.83. The van der Waals surface area contributed by atoms with Gasteiger partial charge in [0.25, 0.3) is 0 Å². The van der Waals surface area contributed by atoms with Crippen LogP contribution in [0.15, 0.2) is 36.9 Å². The Balaban J connectivity index is 1.64. The van der Waals surface area contributed by atoms with Crippen molar-refractivity contribution in [3.63, 3.8) is 0 Å². The first-order valence-electron chi connectivity index (χ1n) is 7.09. The van der Waals surface area contributed by atoms with Gasteiger partial charge in [-0.15, -0.1) is 0 Å². The highest BCUT2D eigenvalue weighted by molar-refractivity contribution is 5.92. The molecule has 1 aliphatic carbocycles. The SMILES string of the molecule is O=C(Nc1ccc(-n2cncn2)cc1)C1CCCCC1. The van der Waals surface area contributed by atoms with Crippen LogP contribution in [0.2, 0.25) is 0 Å². The summed E-state index contributed by atoms with van der Waals surface area (Å²) in [6, 6.07) is 7.64. The molecule has 0 unspecified atom stereocenters. The molecule has 0 aliphatic heterocycles. The van der Waals surface area contributed by atoms with E-state index in [0.717, 1.165) is 24.2 Å². The summed E-state index contributed by atoms with van der Waals surface area (Å²) in [5.41, 5.74) is 1.77. The molecular formula is C15H18N4O. The molecule has 5 nitrogen and oxygen atoms in total. The lowest BCUT2D eigenvalue weighted by atomic mass is 9.88. The third-order valence-corrected chi connectivity index (χ3v) is 3.79. The monoisotopic (exact) mass is 270 g/mol. The van der Waals surface area contributed by atoms with E-state index in [1.807, 2.05) is 24.3 Å². The number of amides is 1. The third kappa shape index (κ3) is 2.87. The summed E-state index contributed by atoms with van der Waals surface area (Å²) in [5, 5.41) is 7.07. The molecule has 1 amide bonds. The molecule has 1 aliphatic rings. The van der Waals surface area contributed by atoms with Crippen LogP contribution in [0, 0.1) is 5.92 Å². The predicted molar refractivity (Wildman–Crippen MR) is 76.6 cm³/mol. The van der Waals surface area contributed by atoms with Crippen LogP contribution in [0.5, 0.6) is 0 Å². The lowest BCUT2D eigenvalue weighted by molar-refractivity contribution is -0.120. The summed E-state index contributed by atoms with van der Waals surface area (Å²) in [6.07, 6.45) is 8.78. The summed E-state index contributed by atoms with van der Waals surface area (Å²) >= 11 is 0. The molecule has 1 saturated carbocycles. The first kappa shape index (κ1) is 12.8. The summed E-state index contributed by atoms with van der Waals surface area (Å²) in [6.45, 7) is 0. The Bertz CT molecular complexity index is 556. The lowest BCUT2D eigenvalue weighted by Gasteiger charge is -2.20. The van der Waals surface area contributed by atoms with Gasteiger partial charge in [-0.1, -0.05) is 19.3 Å². The van der Waals surface area contributed by atoms with E-state index in [4.69, 9.17) is 0 Å². The highest BCUT2D eigenvalue weighted by Crippen LogP contribution is 2.25. The normalized spacial score (nSPS) is 16.0. The molecule has 0 atom stereocenters. The van der Waals surface area contributed by atoms with Crippen molar-refractivity contribution in [3.05, 3.63) is 36.9 Å². The van der Waals surface area contributed by atoms with Crippen LogP contribution < -0.4 is 5.32 Å². The Morgan fingerprint density at radius 1 is 1.15 bits per heavy atom. The fourth-order valence-corrected chi connectivity index (χ4v) is 2.65. The van der Waals surface area contributed by atoms with Gasteiger partial charge < -0.3 is 5.32 Å². The van der Waals surface area contributed by atoms with Crippen LogP contribution in [0.25, 0.3) is 5.69 Å². The molecule has 3 rings (SSSR count). The van der Waals surface area contributed by atoms with Crippen LogP contribution in [0.4, 0.5) is 5.69 Å². The number of aromatic nitrogens is 3. The van der Waals surface area contributed by atoms with E-state index in [2.05, 4.69) is 15.4 Å². The molecule has 0 bridgehead atoms. The van der Waals surface area contributed by atoms with Crippen LogP contribution in [0.3, 0.4) is 0 Å². The molecule has 104 valence electrons. The molecular weight excluding hydrogens is 252 g/mol. The summed E-state index contributed by atoms with van der Waals surface area (Å²) in [7, 11) is 0. The molecule has 0 saturated heterocycles. The highest BCUT2D eigenvalue weighted by atomic mass is 16.1. The molecule has 0 radical (unpaired) electrons. The smallest absolute Gasteiger partial charge is 0.227 e. The molecule has 1 fully saturated rings. The Kier molecular flexibility index (Phi) is 3.76. The second kappa shape index (κ2) is 5.86. The Morgan fingerprint density at radius 3 is 2.55 bits per heavy atom. The van der Waals surface area contributed by atoms with Gasteiger partial charge in [-0.25, -0.2) is 9.67 Å². The maximum atomic E-state index is 12.1. The number of hydrogen-bond donors (Lipinski definition) is 1. The van der Waals surface area contributed by atoms with Gasteiger partial charge in [-0.05, 0) is 37.1 Å². The Morgan fingerprint density at radius 2 is 1.90 bits per heavy atom. The molecule has 2 aromatic rings. The van der Waals surface area contributed by atoms with Gasteiger partial charge in [-0.2, -0.15) is 5.10 Å². The minimum Gasteiger partial charge on any atom is -0.326 e. The van der Waals surface area contributed by atoms with Crippen LogP contribution >= 0.6 is 0 Å². The summed E-state index contributed by atoms with van der Waals surface area (Å²) in [4.78, 5) is 16.1. The van der Waals surface area contributed by atoms with Gasteiger partial charge in [0.2, 0.25) is 5.91 Å². The Labute approximate surface area is 118 Å². The van der Waals surface area contributed by atoms with E-state index in [-0.39, 0.29) is 11.8 Å². The predicted octanol–water partition coefficient (Wildman–Crippen LogP) is 2.79. The lowest BCUT2D eigenvalue weighted by Crippen LogP contribution is -2.24. The van der Waals surface area contributed by atoms with E-state index in [1.54, 1.807) is 11.0 Å². The number of nitrogens with one attached hydrogen (secondary N) is 1. The van der Waals surface area contributed by atoms with Crippen molar-refractivity contribution in [2.45, 2.75) is 32.1 Å². The number of rotatable bonds is 3. The third-order valence-electron chi connectivity index (χ3n) is 3.79. The van der Waals surface area contributed by atoms with E-state index in [1.165, 1.54) is 25.6 Å². The van der Waals surface area contributed by atoms with Crippen molar-refractivity contribution in [2.75, 3.05) is 5.32 Å². The molecule has 1 N–H and O–H groups in total. The van der Waals surface area contributed by atoms with Gasteiger partial charge in [0.1, 0.15) is 12.7 Å². The van der Waals surface area contributed by atoms with Crippen molar-refractivity contribution >= 4 is 11.6 Å². The number of anilines is 1. The maximum absolute atomic E-state index is 12.1. The molecule has 1 aromatic carbocycles. The van der Waals surface area contributed by atoms with Crippen molar-refractivity contribution in [3.8, 4) is 5.69 Å². The van der Waals surface area contributed by atoms with Crippen LogP contribution in [-0.4, -0.2) is 20.7 Å². The van der Waals surface area contributed by atoms with Gasteiger partial charge in [0.05, 0.1) is 5.69 Å². The van der Waals surface area contributed by atoms with E-state index < -0.39 is 0 Å². The van der Waals surface area contributed by atoms with Gasteiger partial charge in [0, 0.05) is 11.6 Å². The zero-order valence-electron chi connectivity index (χ0n) is 11.3. The largest absolute Gasteiger partial charge is 0.326 e. The van der Waals surface area contributed by atoms with Crippen LogP contribution in [0.1, 0.15) is 32.1 Å². The first-order valence-corrected chi connectivity index (χ1v) is 7.09. The van der Waals surface area contributed by atoms with Gasteiger partial charge >= 0.3 is 0 Å². The molecule has 0 spiro atoms. The van der Waals surface area contributed by atoms with E-state index >= 15 is 0 Å². The number of benzene rings is 1. The van der Waals surface area contributed by atoms with E-state index in [9.17, 15) is 4.79 Å². The zero-order chi connectivity index (χ0) is 13.8. The molecule has 1 aromatic heterocycles. The molecule has 20 heavy (non-hydrogen) atoms. The summed E-state index contributed by atoms with van der Waals surface area (Å²) in [5.74, 6) is 0.331. The number of carbonyl (C=O) groups is 1. The van der Waals surface area contributed by atoms with Crippen molar-refractivity contribution < 1.29 is 4.79 Å². The van der Waals surface area contributed by atoms with Crippen molar-refractivity contribution in [1.82, 2.24) is 14.8 Å². The number of hydrogen-bond acceptors (Lipinski definition) is 3. The summed E-state index contributed by atoms with van der Waals surface area (Å²) < 4.78 is 1.69. The highest BCUT2D eigenvalue weighted by Gasteiger charge is 2.20. The number of nitrogens with zero attached hydrogens (tertiary/aromatic N) is 3. The van der Waals surface area contributed by atoms with Crippen molar-refractivity contribution in [1.29, 1.82) is 0 Å². The van der Waals surface area contributed by atoms with Gasteiger partial charge in [-0.3, -0.25) is 4.79 Å². The fourth-order valence-electron chi connectivity index (χ4n) is 2.65. The second-order valence-corrected chi connectivity index (χ2v) is 5.21. The van der Waals surface area contributed by atoms with Crippen molar-refractivity contribution in [2.24, 2.45) is 5.92 Å². The second-order valence-electron chi connectivity index (χ2n) is 5.21. The maximum Gasteiger partial charge on any atom is 0.227 e. The topological polar surface area (TPSA) is 59.8 Å². The quantitative estimate of drug-likeness (QED) is 0.933. The van der Waals surface area contributed by atoms with E-state index in [0.29, 0.717) is 0 Å². The minimum atomic E-state index is 0.151. The average molecular weight is 270 g/mol. The zero-order valence-corrected chi connectivity index (χ0v) is 11.3. The van der Waals surface area contributed by atoms with Crippen LogP contribution in [-0.2, 0) is 4.79 Å². The molecule has 1 heterocycles. The minimum absolute atomic E-state index is 0.151. The fraction of sp³-hybridized carbons (Fsp3) is 0.400. The Hall–Kier alpha value is -2.17. The molecule has 5 heteroatoms.